The van der Waals surface area contributed by atoms with Gasteiger partial charge >= 0.3 is 6.01 Å². The number of carbonyl (C=O) groups is 1. The lowest BCUT2D eigenvalue weighted by atomic mass is 9.83. The maximum Gasteiger partial charge on any atom is 0.316 e. The third-order valence-electron chi connectivity index (χ3n) is 6.23. The summed E-state index contributed by atoms with van der Waals surface area (Å²) in [7, 11) is -3.30. The van der Waals surface area contributed by atoms with E-state index in [1.54, 1.807) is 29.4 Å². The molecule has 152 valence electrons. The van der Waals surface area contributed by atoms with E-state index in [1.807, 2.05) is 12.1 Å². The molecule has 2 saturated heterocycles. The molecule has 0 radical (unpaired) electrons. The average molecular weight is 415 g/mol. The molecular weight excluding hydrogens is 394 g/mol. The van der Waals surface area contributed by atoms with Crippen LogP contribution in [0, 0.1) is 5.92 Å². The Morgan fingerprint density at radius 3 is 2.76 bits per heavy atom. The van der Waals surface area contributed by atoms with E-state index in [2.05, 4.69) is 9.97 Å². The molecular formula is C20H21N3O5S. The number of rotatable bonds is 4. The lowest BCUT2D eigenvalue weighted by Gasteiger charge is -2.49. The molecule has 1 spiro atoms. The number of hydrogen-bond donors (Lipinski definition) is 0. The number of benzene rings is 1. The van der Waals surface area contributed by atoms with Crippen molar-refractivity contribution in [3.8, 4) is 6.01 Å². The Bertz CT molecular complexity index is 1050. The topological polar surface area (TPSA) is 98.7 Å². The molecule has 8 nitrogen and oxygen atoms in total. The number of aromatic nitrogens is 2. The number of fused-ring (bicyclic) bond motifs is 1. The summed E-state index contributed by atoms with van der Waals surface area (Å²) in [4.78, 5) is 22.6. The van der Waals surface area contributed by atoms with Gasteiger partial charge in [-0.25, -0.2) is 18.4 Å². The molecule has 29 heavy (non-hydrogen) atoms. The van der Waals surface area contributed by atoms with Crippen LogP contribution in [0.1, 0.15) is 27.9 Å². The Kier molecular flexibility index (Phi) is 4.32. The smallest absolute Gasteiger partial charge is 0.316 e. The molecule has 0 saturated carbocycles. The monoisotopic (exact) mass is 415 g/mol. The molecule has 5 rings (SSSR count). The number of carbonyl (C=O) groups excluding carboxylic acids is 1. The summed E-state index contributed by atoms with van der Waals surface area (Å²) in [5.74, 6) is -0.207. The second kappa shape index (κ2) is 6.77. The van der Waals surface area contributed by atoms with E-state index in [-0.39, 0.29) is 43.3 Å². The maximum absolute atomic E-state index is 12.9. The number of nitrogens with zero attached hydrogens (tertiary/aromatic N) is 3. The molecule has 9 heteroatoms. The van der Waals surface area contributed by atoms with E-state index < -0.39 is 14.6 Å². The lowest BCUT2D eigenvalue weighted by Crippen LogP contribution is -2.68. The summed E-state index contributed by atoms with van der Waals surface area (Å²) < 4.78 is 35.7. The van der Waals surface area contributed by atoms with Gasteiger partial charge in [0.1, 0.15) is 4.75 Å². The Labute approximate surface area is 168 Å². The van der Waals surface area contributed by atoms with E-state index in [0.717, 1.165) is 11.1 Å². The minimum atomic E-state index is -3.30. The molecule has 3 aliphatic heterocycles. The molecule has 1 aromatic carbocycles. The highest BCUT2D eigenvalue weighted by atomic mass is 32.2. The van der Waals surface area contributed by atoms with Crippen molar-refractivity contribution in [2.24, 2.45) is 5.92 Å². The average Bonchev–Trinajstić information content (AvgIpc) is 3.26. The normalized spacial score (nSPS) is 23.6. The van der Waals surface area contributed by atoms with Crippen LogP contribution in [-0.2, 0) is 27.8 Å². The van der Waals surface area contributed by atoms with Crippen molar-refractivity contribution in [1.82, 2.24) is 14.9 Å². The second-order valence-electron chi connectivity index (χ2n) is 7.85. The summed E-state index contributed by atoms with van der Waals surface area (Å²) in [5, 5.41) is 0. The molecule has 1 atom stereocenters. The van der Waals surface area contributed by atoms with Crippen molar-refractivity contribution in [2.45, 2.75) is 24.4 Å². The molecule has 1 aromatic heterocycles. The highest BCUT2D eigenvalue weighted by Crippen LogP contribution is 2.45. The van der Waals surface area contributed by atoms with Crippen molar-refractivity contribution < 1.29 is 22.7 Å². The zero-order chi connectivity index (χ0) is 20.1. The van der Waals surface area contributed by atoms with E-state index in [9.17, 15) is 13.2 Å². The first-order valence-electron chi connectivity index (χ1n) is 9.59. The van der Waals surface area contributed by atoms with E-state index in [0.29, 0.717) is 25.2 Å². The number of hydrogen-bond acceptors (Lipinski definition) is 7. The minimum Gasteiger partial charge on any atom is -0.463 e. The quantitative estimate of drug-likeness (QED) is 0.740. The van der Waals surface area contributed by atoms with Gasteiger partial charge in [-0.05, 0) is 35.7 Å². The van der Waals surface area contributed by atoms with Crippen molar-refractivity contribution in [1.29, 1.82) is 0 Å². The molecule has 0 bridgehead atoms. The summed E-state index contributed by atoms with van der Waals surface area (Å²) in [6.45, 7) is 1.70. The van der Waals surface area contributed by atoms with Gasteiger partial charge in [-0.2, -0.15) is 0 Å². The molecule has 0 aliphatic carbocycles. The van der Waals surface area contributed by atoms with E-state index in [4.69, 9.17) is 9.47 Å². The predicted octanol–water partition coefficient (Wildman–Crippen LogP) is 1.22. The van der Waals surface area contributed by atoms with Gasteiger partial charge in [0.25, 0.3) is 5.91 Å². The molecule has 1 amide bonds. The summed E-state index contributed by atoms with van der Waals surface area (Å²) >= 11 is 0. The summed E-state index contributed by atoms with van der Waals surface area (Å²) in [6, 6.07) is 7.48. The minimum absolute atomic E-state index is 0.120. The fourth-order valence-corrected chi connectivity index (χ4v) is 6.87. The van der Waals surface area contributed by atoms with Gasteiger partial charge in [-0.1, -0.05) is 6.07 Å². The largest absolute Gasteiger partial charge is 0.463 e. The van der Waals surface area contributed by atoms with Gasteiger partial charge in [-0.3, -0.25) is 4.79 Å². The van der Waals surface area contributed by atoms with Crippen molar-refractivity contribution in [2.75, 3.05) is 25.4 Å². The Morgan fingerprint density at radius 2 is 1.97 bits per heavy atom. The van der Waals surface area contributed by atoms with Gasteiger partial charge in [0.05, 0.1) is 25.6 Å². The highest BCUT2D eigenvalue weighted by Gasteiger charge is 2.62. The lowest BCUT2D eigenvalue weighted by molar-refractivity contribution is 0.0403. The maximum atomic E-state index is 12.9. The van der Waals surface area contributed by atoms with E-state index >= 15 is 0 Å². The SMILES string of the molecule is O=C(c1ccc2c(c1)COC2)N1CC2(C1)[C@@H](COc1ncccn1)CCS2(=O)=O. The van der Waals surface area contributed by atoms with Crippen LogP contribution < -0.4 is 4.74 Å². The number of likely N-dealkylation sites (tertiary alicyclic amines) is 1. The first-order valence-corrected chi connectivity index (χ1v) is 11.2. The molecule has 2 aromatic rings. The molecule has 0 N–H and O–H groups in total. The Balaban J connectivity index is 1.30. The van der Waals surface area contributed by atoms with Gasteiger partial charge in [0.15, 0.2) is 9.84 Å². The molecule has 4 heterocycles. The number of amides is 1. The molecule has 2 fully saturated rings. The zero-order valence-electron chi connectivity index (χ0n) is 15.8. The molecule has 3 aliphatic rings. The van der Waals surface area contributed by atoms with Crippen molar-refractivity contribution in [3.63, 3.8) is 0 Å². The van der Waals surface area contributed by atoms with Gasteiger partial charge in [0, 0.05) is 37.0 Å². The van der Waals surface area contributed by atoms with Crippen LogP contribution in [-0.4, -0.2) is 59.4 Å². The van der Waals surface area contributed by atoms with Crippen LogP contribution in [0.2, 0.25) is 0 Å². The Hall–Kier alpha value is -2.52. The van der Waals surface area contributed by atoms with Crippen LogP contribution in [0.5, 0.6) is 6.01 Å². The van der Waals surface area contributed by atoms with Gasteiger partial charge < -0.3 is 14.4 Å². The third-order valence-corrected chi connectivity index (χ3v) is 8.83. The molecule has 0 unspecified atom stereocenters. The first-order chi connectivity index (χ1) is 14.0. The van der Waals surface area contributed by atoms with Crippen molar-refractivity contribution >= 4 is 15.7 Å². The number of ether oxygens (including phenoxy) is 2. The fourth-order valence-electron chi connectivity index (χ4n) is 4.47. The van der Waals surface area contributed by atoms with E-state index in [1.165, 1.54) is 0 Å². The Morgan fingerprint density at radius 1 is 1.21 bits per heavy atom. The second-order valence-corrected chi connectivity index (χ2v) is 10.3. The highest BCUT2D eigenvalue weighted by molar-refractivity contribution is 7.93. The predicted molar refractivity (Wildman–Crippen MR) is 103 cm³/mol. The summed E-state index contributed by atoms with van der Waals surface area (Å²) in [6.07, 6.45) is 3.68. The van der Waals surface area contributed by atoms with Crippen LogP contribution in [0.15, 0.2) is 36.7 Å². The standard InChI is InChI=1S/C20H21N3O5S/c24-18(14-2-3-15-9-27-10-16(15)8-14)23-12-20(13-23)17(4-7-29(20,25)26)11-28-19-21-5-1-6-22-19/h1-3,5-6,8,17H,4,7,9-13H2/t17-/m1/s1. The van der Waals surface area contributed by atoms with Crippen LogP contribution in [0.25, 0.3) is 0 Å². The van der Waals surface area contributed by atoms with Crippen LogP contribution in [0.4, 0.5) is 0 Å². The van der Waals surface area contributed by atoms with Gasteiger partial charge in [-0.15, -0.1) is 0 Å². The van der Waals surface area contributed by atoms with Crippen molar-refractivity contribution in [3.05, 3.63) is 53.3 Å². The number of sulfone groups is 1. The fraction of sp³-hybridized carbons (Fsp3) is 0.450. The summed E-state index contributed by atoms with van der Waals surface area (Å²) in [5.41, 5.74) is 2.69. The zero-order valence-corrected chi connectivity index (χ0v) is 16.6. The first kappa shape index (κ1) is 18.5. The van der Waals surface area contributed by atoms with Gasteiger partial charge in [0.2, 0.25) is 0 Å². The van der Waals surface area contributed by atoms with Crippen LogP contribution in [0.3, 0.4) is 0 Å². The third kappa shape index (κ3) is 3.00. The van der Waals surface area contributed by atoms with Crippen LogP contribution >= 0.6 is 0 Å².